The molecule has 1 fully saturated rings. The lowest BCUT2D eigenvalue weighted by Crippen LogP contribution is -2.28. The maximum atomic E-state index is 12.4. The SMILES string of the molecule is CN1Cc2c(cccc2C(=O)N2CCCC2)C1=O. The van der Waals surface area contributed by atoms with E-state index in [2.05, 4.69) is 0 Å². The Kier molecular flexibility index (Phi) is 2.58. The van der Waals surface area contributed by atoms with Gasteiger partial charge in [0.25, 0.3) is 11.8 Å². The zero-order valence-corrected chi connectivity index (χ0v) is 10.5. The van der Waals surface area contributed by atoms with Crippen LogP contribution in [0.4, 0.5) is 0 Å². The summed E-state index contributed by atoms with van der Waals surface area (Å²) < 4.78 is 0. The molecule has 4 nitrogen and oxygen atoms in total. The summed E-state index contributed by atoms with van der Waals surface area (Å²) in [7, 11) is 1.77. The van der Waals surface area contributed by atoms with Crippen LogP contribution in [0.2, 0.25) is 0 Å². The quantitative estimate of drug-likeness (QED) is 0.751. The van der Waals surface area contributed by atoms with Crippen molar-refractivity contribution in [2.75, 3.05) is 20.1 Å². The van der Waals surface area contributed by atoms with Crippen molar-refractivity contribution in [3.63, 3.8) is 0 Å². The molecule has 0 aromatic heterocycles. The number of nitrogens with zero attached hydrogens (tertiary/aromatic N) is 2. The van der Waals surface area contributed by atoms with Crippen LogP contribution in [0, 0.1) is 0 Å². The van der Waals surface area contributed by atoms with E-state index in [4.69, 9.17) is 0 Å². The van der Waals surface area contributed by atoms with Crippen LogP contribution in [0.5, 0.6) is 0 Å². The molecule has 2 heterocycles. The summed E-state index contributed by atoms with van der Waals surface area (Å²) in [6.45, 7) is 2.22. The first-order valence-electron chi connectivity index (χ1n) is 6.35. The molecular formula is C14H16N2O2. The van der Waals surface area contributed by atoms with Crippen LogP contribution in [-0.2, 0) is 6.54 Å². The van der Waals surface area contributed by atoms with Gasteiger partial charge in [-0.25, -0.2) is 0 Å². The summed E-state index contributed by atoms with van der Waals surface area (Å²) in [5.41, 5.74) is 2.27. The predicted octanol–water partition coefficient (Wildman–Crippen LogP) is 1.51. The molecule has 1 aromatic rings. The highest BCUT2D eigenvalue weighted by molar-refractivity contribution is 6.04. The molecule has 0 atom stereocenters. The number of hydrogen-bond acceptors (Lipinski definition) is 2. The number of fused-ring (bicyclic) bond motifs is 1. The number of hydrogen-bond donors (Lipinski definition) is 0. The molecule has 94 valence electrons. The maximum absolute atomic E-state index is 12.4. The van der Waals surface area contributed by atoms with E-state index in [9.17, 15) is 9.59 Å². The highest BCUT2D eigenvalue weighted by Crippen LogP contribution is 2.26. The minimum atomic E-state index is 0.0149. The van der Waals surface area contributed by atoms with Gasteiger partial charge in [0.15, 0.2) is 0 Å². The van der Waals surface area contributed by atoms with Gasteiger partial charge in [-0.3, -0.25) is 9.59 Å². The summed E-state index contributed by atoms with van der Waals surface area (Å²) >= 11 is 0. The largest absolute Gasteiger partial charge is 0.339 e. The molecule has 4 heteroatoms. The highest BCUT2D eigenvalue weighted by Gasteiger charge is 2.30. The molecule has 18 heavy (non-hydrogen) atoms. The monoisotopic (exact) mass is 244 g/mol. The average molecular weight is 244 g/mol. The van der Waals surface area contributed by atoms with Gasteiger partial charge in [0.2, 0.25) is 0 Å². The molecule has 0 aliphatic carbocycles. The van der Waals surface area contributed by atoms with Gasteiger partial charge in [-0.05, 0) is 30.5 Å². The Morgan fingerprint density at radius 3 is 2.67 bits per heavy atom. The predicted molar refractivity (Wildman–Crippen MR) is 67.4 cm³/mol. The second kappa shape index (κ2) is 4.12. The topological polar surface area (TPSA) is 40.6 Å². The third-order valence-corrected chi connectivity index (χ3v) is 3.77. The molecule has 0 bridgehead atoms. The molecule has 2 aliphatic rings. The second-order valence-electron chi connectivity index (χ2n) is 4.99. The Balaban J connectivity index is 1.99. The average Bonchev–Trinajstić information content (AvgIpc) is 2.99. The third-order valence-electron chi connectivity index (χ3n) is 3.77. The molecule has 1 aromatic carbocycles. The van der Waals surface area contributed by atoms with Crippen LogP contribution in [0.15, 0.2) is 18.2 Å². The van der Waals surface area contributed by atoms with Gasteiger partial charge in [0.1, 0.15) is 0 Å². The Labute approximate surface area is 106 Å². The van der Waals surface area contributed by atoms with Crippen LogP contribution in [0.1, 0.15) is 39.1 Å². The maximum Gasteiger partial charge on any atom is 0.254 e. The van der Waals surface area contributed by atoms with E-state index in [-0.39, 0.29) is 11.8 Å². The van der Waals surface area contributed by atoms with Gasteiger partial charge in [-0.1, -0.05) is 6.07 Å². The van der Waals surface area contributed by atoms with Crippen molar-refractivity contribution >= 4 is 11.8 Å². The molecule has 0 saturated carbocycles. The summed E-state index contributed by atoms with van der Waals surface area (Å²) in [5.74, 6) is 0.0912. The van der Waals surface area contributed by atoms with Crippen LogP contribution < -0.4 is 0 Å². The van der Waals surface area contributed by atoms with Gasteiger partial charge < -0.3 is 9.80 Å². The van der Waals surface area contributed by atoms with Crippen LogP contribution in [-0.4, -0.2) is 41.8 Å². The Bertz CT molecular complexity index is 519. The fourth-order valence-corrected chi connectivity index (χ4v) is 2.76. The molecule has 0 unspecified atom stereocenters. The van der Waals surface area contributed by atoms with E-state index in [1.54, 1.807) is 18.0 Å². The van der Waals surface area contributed by atoms with Gasteiger partial charge >= 0.3 is 0 Å². The molecule has 0 spiro atoms. The number of carbonyl (C=O) groups excluding carboxylic acids is 2. The lowest BCUT2D eigenvalue weighted by atomic mass is 10.0. The second-order valence-corrected chi connectivity index (χ2v) is 4.99. The number of benzene rings is 1. The molecule has 3 rings (SSSR count). The van der Waals surface area contributed by atoms with E-state index in [0.717, 1.165) is 31.5 Å². The molecule has 0 N–H and O–H groups in total. The third kappa shape index (κ3) is 1.60. The first-order valence-corrected chi connectivity index (χ1v) is 6.35. The summed E-state index contributed by atoms with van der Waals surface area (Å²) in [6.07, 6.45) is 2.17. The molecular weight excluding hydrogens is 228 g/mol. The fourth-order valence-electron chi connectivity index (χ4n) is 2.76. The van der Waals surface area contributed by atoms with Gasteiger partial charge in [0.05, 0.1) is 0 Å². The van der Waals surface area contributed by atoms with Crippen molar-refractivity contribution in [3.8, 4) is 0 Å². The van der Waals surface area contributed by atoms with E-state index < -0.39 is 0 Å². The van der Waals surface area contributed by atoms with Crippen molar-refractivity contribution in [2.45, 2.75) is 19.4 Å². The fraction of sp³-hybridized carbons (Fsp3) is 0.429. The Hall–Kier alpha value is -1.84. The van der Waals surface area contributed by atoms with Crippen molar-refractivity contribution in [1.29, 1.82) is 0 Å². The van der Waals surface area contributed by atoms with Gasteiger partial charge in [-0.2, -0.15) is 0 Å². The standard InChI is InChI=1S/C14H16N2O2/c1-15-9-12-10(13(15)17)5-4-6-11(12)14(18)16-7-2-3-8-16/h4-6H,2-3,7-9H2,1H3. The van der Waals surface area contributed by atoms with E-state index >= 15 is 0 Å². The Morgan fingerprint density at radius 2 is 1.94 bits per heavy atom. The first-order chi connectivity index (χ1) is 8.68. The van der Waals surface area contributed by atoms with Crippen LogP contribution in [0.3, 0.4) is 0 Å². The van der Waals surface area contributed by atoms with E-state index in [1.165, 1.54) is 0 Å². The zero-order chi connectivity index (χ0) is 12.7. The lowest BCUT2D eigenvalue weighted by molar-refractivity contribution is 0.0785. The summed E-state index contributed by atoms with van der Waals surface area (Å²) in [6, 6.07) is 5.45. The number of rotatable bonds is 1. The van der Waals surface area contributed by atoms with Gasteiger partial charge in [0, 0.05) is 37.8 Å². The Morgan fingerprint density at radius 1 is 1.22 bits per heavy atom. The normalized spacial score (nSPS) is 18.4. The van der Waals surface area contributed by atoms with Crippen molar-refractivity contribution in [3.05, 3.63) is 34.9 Å². The minimum absolute atomic E-state index is 0.0149. The van der Waals surface area contributed by atoms with Crippen LogP contribution in [0.25, 0.3) is 0 Å². The molecule has 1 saturated heterocycles. The number of amides is 2. The molecule has 0 radical (unpaired) electrons. The van der Waals surface area contributed by atoms with Crippen LogP contribution >= 0.6 is 0 Å². The van der Waals surface area contributed by atoms with Crippen molar-refractivity contribution in [2.24, 2.45) is 0 Å². The van der Waals surface area contributed by atoms with E-state index in [1.807, 2.05) is 17.0 Å². The van der Waals surface area contributed by atoms with E-state index in [0.29, 0.717) is 17.7 Å². The zero-order valence-electron chi connectivity index (χ0n) is 10.5. The number of carbonyl (C=O) groups is 2. The molecule has 2 amide bonds. The summed E-state index contributed by atoms with van der Waals surface area (Å²) in [5, 5.41) is 0. The smallest absolute Gasteiger partial charge is 0.254 e. The minimum Gasteiger partial charge on any atom is -0.339 e. The highest BCUT2D eigenvalue weighted by atomic mass is 16.2. The molecule has 2 aliphatic heterocycles. The number of likely N-dealkylation sites (tertiary alicyclic amines) is 1. The van der Waals surface area contributed by atoms with Crippen molar-refractivity contribution in [1.82, 2.24) is 9.80 Å². The lowest BCUT2D eigenvalue weighted by Gasteiger charge is -2.17. The van der Waals surface area contributed by atoms with Crippen molar-refractivity contribution < 1.29 is 9.59 Å². The summed E-state index contributed by atoms with van der Waals surface area (Å²) in [4.78, 5) is 27.9. The first kappa shape index (κ1) is 11.3. The van der Waals surface area contributed by atoms with Gasteiger partial charge in [-0.15, -0.1) is 0 Å².